The molecule has 1 unspecified atom stereocenters. The van der Waals surface area contributed by atoms with Gasteiger partial charge in [-0.15, -0.1) is 5.10 Å². The largest absolute Gasteiger partial charge is 0.479 e. The van der Waals surface area contributed by atoms with E-state index in [1.165, 1.54) is 7.11 Å². The predicted octanol–water partition coefficient (Wildman–Crippen LogP) is 0.337. The lowest BCUT2D eigenvalue weighted by Crippen LogP contribution is -2.31. The molecule has 1 N–H and O–H groups in total. The molecule has 1 fully saturated rings. The Hall–Kier alpha value is -1.56. The van der Waals surface area contributed by atoms with Crippen LogP contribution in [0.15, 0.2) is 6.20 Å². The Morgan fingerprint density at radius 2 is 2.59 bits per heavy atom. The first-order chi connectivity index (χ1) is 8.20. The van der Waals surface area contributed by atoms with Crippen molar-refractivity contribution >= 4 is 5.91 Å². The predicted molar refractivity (Wildman–Crippen MR) is 61.1 cm³/mol. The molecule has 6 heteroatoms. The van der Waals surface area contributed by atoms with Crippen LogP contribution < -0.4 is 10.1 Å². The van der Waals surface area contributed by atoms with E-state index in [1.807, 2.05) is 0 Å². The van der Waals surface area contributed by atoms with E-state index in [0.717, 1.165) is 19.4 Å². The Labute approximate surface area is 99.9 Å². The highest BCUT2D eigenvalue weighted by Crippen LogP contribution is 2.15. The summed E-state index contributed by atoms with van der Waals surface area (Å²) in [6.07, 6.45) is 3.85. The molecule has 0 radical (unpaired) electrons. The van der Waals surface area contributed by atoms with Gasteiger partial charge in [0.1, 0.15) is 5.56 Å². The van der Waals surface area contributed by atoms with Crippen LogP contribution in [0.1, 0.15) is 23.2 Å². The summed E-state index contributed by atoms with van der Waals surface area (Å²) in [5, 5.41) is 6.86. The molecule has 0 aromatic carbocycles. The topological polar surface area (TPSA) is 65.4 Å². The second kappa shape index (κ2) is 5.18. The number of methoxy groups -OCH3 is 1. The highest BCUT2D eigenvalue weighted by Gasteiger charge is 2.19. The van der Waals surface area contributed by atoms with Gasteiger partial charge in [0.25, 0.3) is 5.91 Å². The van der Waals surface area contributed by atoms with Gasteiger partial charge in [0, 0.05) is 26.4 Å². The van der Waals surface area contributed by atoms with Crippen molar-refractivity contribution in [3.8, 4) is 5.88 Å². The monoisotopic (exact) mass is 239 g/mol. The van der Waals surface area contributed by atoms with Crippen LogP contribution in [0.4, 0.5) is 0 Å². The lowest BCUT2D eigenvalue weighted by atomic mass is 10.2. The van der Waals surface area contributed by atoms with Crippen molar-refractivity contribution in [1.82, 2.24) is 15.1 Å². The third-order valence-electron chi connectivity index (χ3n) is 2.75. The van der Waals surface area contributed by atoms with Crippen molar-refractivity contribution in [2.75, 3.05) is 20.3 Å². The average Bonchev–Trinajstić information content (AvgIpc) is 2.94. The number of carbonyl (C=O) groups is 1. The molecule has 0 saturated carbocycles. The summed E-state index contributed by atoms with van der Waals surface area (Å²) >= 11 is 0. The van der Waals surface area contributed by atoms with Crippen LogP contribution in [0, 0.1) is 0 Å². The highest BCUT2D eigenvalue weighted by molar-refractivity contribution is 5.96. The number of nitrogens with zero attached hydrogens (tertiary/aromatic N) is 2. The third-order valence-corrected chi connectivity index (χ3v) is 2.75. The number of aromatic nitrogens is 2. The number of carbonyl (C=O) groups excluding carboxylic acids is 1. The van der Waals surface area contributed by atoms with Gasteiger partial charge in [-0.3, -0.25) is 9.48 Å². The first-order valence-corrected chi connectivity index (χ1v) is 5.68. The first-order valence-electron chi connectivity index (χ1n) is 5.68. The number of ether oxygens (including phenoxy) is 2. The van der Waals surface area contributed by atoms with E-state index in [9.17, 15) is 4.79 Å². The summed E-state index contributed by atoms with van der Waals surface area (Å²) in [6, 6.07) is 0. The van der Waals surface area contributed by atoms with Crippen molar-refractivity contribution in [1.29, 1.82) is 0 Å². The Kier molecular flexibility index (Phi) is 3.63. The molecule has 0 bridgehead atoms. The number of rotatable bonds is 4. The summed E-state index contributed by atoms with van der Waals surface area (Å²) in [4.78, 5) is 11.9. The molecular weight excluding hydrogens is 222 g/mol. The standard InChI is InChI=1S/C11H17N3O3/c1-14-7-9(11(13-14)16-2)10(15)12-6-8-4-3-5-17-8/h7-8H,3-6H2,1-2H3,(H,12,15). The fourth-order valence-electron chi connectivity index (χ4n) is 1.88. The quantitative estimate of drug-likeness (QED) is 0.822. The zero-order valence-electron chi connectivity index (χ0n) is 10.1. The van der Waals surface area contributed by atoms with Gasteiger partial charge in [0.2, 0.25) is 5.88 Å². The van der Waals surface area contributed by atoms with E-state index in [2.05, 4.69) is 10.4 Å². The summed E-state index contributed by atoms with van der Waals surface area (Å²) < 4.78 is 12.0. The van der Waals surface area contributed by atoms with Crippen molar-refractivity contribution in [3.05, 3.63) is 11.8 Å². The fraction of sp³-hybridized carbons (Fsp3) is 0.636. The molecule has 0 aliphatic carbocycles. The highest BCUT2D eigenvalue weighted by atomic mass is 16.5. The van der Waals surface area contributed by atoms with Gasteiger partial charge in [-0.25, -0.2) is 0 Å². The Morgan fingerprint density at radius 1 is 1.76 bits per heavy atom. The van der Waals surface area contributed by atoms with E-state index in [-0.39, 0.29) is 12.0 Å². The zero-order valence-corrected chi connectivity index (χ0v) is 10.1. The molecule has 1 atom stereocenters. The summed E-state index contributed by atoms with van der Waals surface area (Å²) in [6.45, 7) is 1.33. The van der Waals surface area contributed by atoms with Gasteiger partial charge in [0.15, 0.2) is 0 Å². The second-order valence-electron chi connectivity index (χ2n) is 4.07. The smallest absolute Gasteiger partial charge is 0.258 e. The summed E-state index contributed by atoms with van der Waals surface area (Å²) in [5.41, 5.74) is 0.452. The molecule has 1 aromatic heterocycles. The normalized spacial score (nSPS) is 19.3. The van der Waals surface area contributed by atoms with E-state index >= 15 is 0 Å². The molecule has 2 heterocycles. The minimum Gasteiger partial charge on any atom is -0.479 e. The van der Waals surface area contributed by atoms with Crippen LogP contribution in [0.2, 0.25) is 0 Å². The lowest BCUT2D eigenvalue weighted by Gasteiger charge is -2.10. The van der Waals surface area contributed by atoms with Crippen molar-refractivity contribution in [2.24, 2.45) is 7.05 Å². The number of nitrogens with one attached hydrogen (secondary N) is 1. The van der Waals surface area contributed by atoms with Crippen molar-refractivity contribution < 1.29 is 14.3 Å². The Bertz CT molecular complexity index is 397. The maximum atomic E-state index is 11.9. The molecule has 17 heavy (non-hydrogen) atoms. The molecule has 1 aromatic rings. The molecule has 1 aliphatic rings. The van der Waals surface area contributed by atoms with Crippen molar-refractivity contribution in [2.45, 2.75) is 18.9 Å². The average molecular weight is 239 g/mol. The maximum absolute atomic E-state index is 11.9. The molecule has 6 nitrogen and oxygen atoms in total. The van der Waals surface area contributed by atoms with E-state index in [0.29, 0.717) is 18.0 Å². The summed E-state index contributed by atoms with van der Waals surface area (Å²) in [7, 11) is 3.25. The fourth-order valence-corrected chi connectivity index (χ4v) is 1.88. The van der Waals surface area contributed by atoms with Gasteiger partial charge in [-0.1, -0.05) is 0 Å². The minimum absolute atomic E-state index is 0.140. The van der Waals surface area contributed by atoms with Crippen LogP contribution in [0.5, 0.6) is 5.88 Å². The van der Waals surface area contributed by atoms with Crippen LogP contribution >= 0.6 is 0 Å². The number of aryl methyl sites for hydroxylation is 1. The van der Waals surface area contributed by atoms with Crippen molar-refractivity contribution in [3.63, 3.8) is 0 Å². The van der Waals surface area contributed by atoms with E-state index < -0.39 is 0 Å². The second-order valence-corrected chi connectivity index (χ2v) is 4.07. The maximum Gasteiger partial charge on any atom is 0.258 e. The Balaban J connectivity index is 1.93. The van der Waals surface area contributed by atoms with Crippen LogP contribution in [-0.2, 0) is 11.8 Å². The van der Waals surface area contributed by atoms with Gasteiger partial charge in [-0.2, -0.15) is 0 Å². The first kappa shape index (κ1) is 11.9. The minimum atomic E-state index is -0.176. The SMILES string of the molecule is COc1nn(C)cc1C(=O)NCC1CCCO1. The molecule has 0 spiro atoms. The lowest BCUT2D eigenvalue weighted by molar-refractivity contribution is 0.0855. The van der Waals surface area contributed by atoms with E-state index in [1.54, 1.807) is 17.9 Å². The van der Waals surface area contributed by atoms with Gasteiger partial charge < -0.3 is 14.8 Å². The number of hydrogen-bond donors (Lipinski definition) is 1. The van der Waals surface area contributed by atoms with Crippen LogP contribution in [-0.4, -0.2) is 42.1 Å². The number of hydrogen-bond acceptors (Lipinski definition) is 4. The molecule has 94 valence electrons. The van der Waals surface area contributed by atoms with Gasteiger partial charge in [0.05, 0.1) is 13.2 Å². The van der Waals surface area contributed by atoms with Gasteiger partial charge >= 0.3 is 0 Å². The van der Waals surface area contributed by atoms with Gasteiger partial charge in [-0.05, 0) is 12.8 Å². The molecule has 1 saturated heterocycles. The number of amides is 1. The van der Waals surface area contributed by atoms with Crippen LogP contribution in [0.3, 0.4) is 0 Å². The van der Waals surface area contributed by atoms with Crippen LogP contribution in [0.25, 0.3) is 0 Å². The zero-order chi connectivity index (χ0) is 12.3. The van der Waals surface area contributed by atoms with E-state index in [4.69, 9.17) is 9.47 Å². The Morgan fingerprint density at radius 3 is 3.24 bits per heavy atom. The third kappa shape index (κ3) is 2.76. The molecule has 1 amide bonds. The summed E-state index contributed by atoms with van der Waals surface area (Å²) in [5.74, 6) is 0.169. The molecule has 2 rings (SSSR count). The molecule has 1 aliphatic heterocycles. The molecular formula is C11H17N3O3.